The number of nitrogens with one attached hydrogen (secondary N) is 2. The first kappa shape index (κ1) is 20.0. The van der Waals surface area contributed by atoms with E-state index in [-0.39, 0.29) is 30.3 Å². The lowest BCUT2D eigenvalue weighted by Crippen LogP contribution is -2.45. The first-order valence-corrected chi connectivity index (χ1v) is 10.3. The first-order chi connectivity index (χ1) is 15.3. The zero-order valence-corrected chi connectivity index (χ0v) is 17.6. The summed E-state index contributed by atoms with van der Waals surface area (Å²) >= 11 is 0. The molecule has 5 rings (SSSR count). The Morgan fingerprint density at radius 2 is 1.88 bits per heavy atom. The summed E-state index contributed by atoms with van der Waals surface area (Å²) in [6.45, 7) is 1.94. The second-order valence-electron chi connectivity index (χ2n) is 8.14. The van der Waals surface area contributed by atoms with Crippen LogP contribution in [0, 0.1) is 5.82 Å². The largest absolute Gasteiger partial charge is 0.351 e. The van der Waals surface area contributed by atoms with Gasteiger partial charge < -0.3 is 19.8 Å². The second kappa shape index (κ2) is 7.33. The van der Waals surface area contributed by atoms with Crippen molar-refractivity contribution in [3.05, 3.63) is 81.7 Å². The van der Waals surface area contributed by atoms with E-state index in [0.717, 1.165) is 16.5 Å². The lowest BCUT2D eigenvalue weighted by molar-refractivity contribution is -0.130. The zero-order chi connectivity index (χ0) is 22.6. The smallest absolute Gasteiger partial charge is 0.270 e. The van der Waals surface area contributed by atoms with E-state index >= 15 is 0 Å². The minimum Gasteiger partial charge on any atom is -0.351 e. The number of carbonyl (C=O) groups is 2. The van der Waals surface area contributed by atoms with Gasteiger partial charge in [0.05, 0.1) is 18.0 Å². The van der Waals surface area contributed by atoms with Gasteiger partial charge in [-0.05, 0) is 29.7 Å². The molecule has 162 valence electrons. The second-order valence-corrected chi connectivity index (χ2v) is 8.14. The normalized spacial score (nSPS) is 15.7. The minimum absolute atomic E-state index is 0.160. The van der Waals surface area contributed by atoms with Gasteiger partial charge in [0.15, 0.2) is 0 Å². The molecule has 4 aromatic rings. The molecule has 2 N–H and O–H groups in total. The number of hydrogen-bond acceptors (Lipinski definition) is 3. The van der Waals surface area contributed by atoms with Gasteiger partial charge in [-0.1, -0.05) is 24.3 Å². The summed E-state index contributed by atoms with van der Waals surface area (Å²) in [7, 11) is 1.67. The molecule has 0 saturated carbocycles. The van der Waals surface area contributed by atoms with Crippen molar-refractivity contribution in [3.63, 3.8) is 0 Å². The Bertz CT molecular complexity index is 1420. The van der Waals surface area contributed by atoms with Crippen LogP contribution in [0.2, 0.25) is 0 Å². The predicted molar refractivity (Wildman–Crippen MR) is 119 cm³/mol. The third-order valence-corrected chi connectivity index (χ3v) is 6.18. The van der Waals surface area contributed by atoms with Gasteiger partial charge in [-0.2, -0.15) is 0 Å². The predicted octanol–water partition coefficient (Wildman–Crippen LogP) is 3.32. The monoisotopic (exact) mass is 432 g/mol. The van der Waals surface area contributed by atoms with E-state index < -0.39 is 17.4 Å². The molecule has 1 aliphatic heterocycles. The van der Waals surface area contributed by atoms with Crippen LogP contribution in [0.5, 0.6) is 0 Å². The maximum Gasteiger partial charge on any atom is 0.270 e. The molecule has 0 saturated heterocycles. The van der Waals surface area contributed by atoms with Gasteiger partial charge in [0.25, 0.3) is 11.5 Å². The fourth-order valence-corrected chi connectivity index (χ4v) is 4.51. The summed E-state index contributed by atoms with van der Waals surface area (Å²) in [5, 5.41) is 1.72. The van der Waals surface area contributed by atoms with Crippen molar-refractivity contribution >= 4 is 33.5 Å². The molecule has 1 aliphatic rings. The van der Waals surface area contributed by atoms with E-state index in [2.05, 4.69) is 9.97 Å². The Morgan fingerprint density at radius 3 is 2.62 bits per heavy atom. The molecule has 2 aromatic heterocycles. The van der Waals surface area contributed by atoms with Crippen LogP contribution < -0.4 is 5.56 Å². The lowest BCUT2D eigenvalue weighted by atomic mass is 9.92. The van der Waals surface area contributed by atoms with Crippen molar-refractivity contribution in [1.82, 2.24) is 19.8 Å². The molecular weight excluding hydrogens is 411 g/mol. The summed E-state index contributed by atoms with van der Waals surface area (Å²) in [6, 6.07) is 12.9. The molecule has 0 fully saturated rings. The van der Waals surface area contributed by atoms with E-state index in [1.165, 1.54) is 19.1 Å². The number of carbonyl (C=O) groups excluding carboxylic acids is 2. The van der Waals surface area contributed by atoms with Crippen LogP contribution in [0.15, 0.2) is 53.3 Å². The number of halogens is 1. The Kier molecular flexibility index (Phi) is 4.58. The summed E-state index contributed by atoms with van der Waals surface area (Å²) in [6.07, 6.45) is 0. The fourth-order valence-electron chi connectivity index (χ4n) is 4.51. The molecule has 3 heterocycles. The molecular formula is C24H21FN4O3. The molecule has 0 spiro atoms. The van der Waals surface area contributed by atoms with Gasteiger partial charge in [-0.3, -0.25) is 14.4 Å². The van der Waals surface area contributed by atoms with E-state index in [1.54, 1.807) is 29.0 Å². The number of hydrogen-bond donors (Lipinski definition) is 2. The minimum atomic E-state index is -0.522. The van der Waals surface area contributed by atoms with Crippen molar-refractivity contribution in [2.45, 2.75) is 19.5 Å². The average molecular weight is 432 g/mol. The Balaban J connectivity index is 1.65. The van der Waals surface area contributed by atoms with Gasteiger partial charge in [0.2, 0.25) is 5.91 Å². The highest BCUT2D eigenvalue weighted by atomic mass is 19.1. The van der Waals surface area contributed by atoms with E-state index in [1.807, 2.05) is 24.3 Å². The molecule has 1 atom stereocenters. The topological polar surface area (TPSA) is 89.3 Å². The Morgan fingerprint density at radius 1 is 1.09 bits per heavy atom. The fraction of sp³-hybridized carbons (Fsp3) is 0.208. The molecule has 0 unspecified atom stereocenters. The SMILES string of the molecule is CC(=O)N1Cc2[nH]c(=O)c3cc(F)ccc3c2[C@@H](N(C)C(=O)c2cc3ccccc3[nH]2)C1. The third kappa shape index (κ3) is 3.15. The highest BCUT2D eigenvalue weighted by Crippen LogP contribution is 2.35. The Hall–Kier alpha value is -3.94. The van der Waals surface area contributed by atoms with E-state index in [9.17, 15) is 18.8 Å². The number of benzene rings is 2. The molecule has 0 aliphatic carbocycles. The van der Waals surface area contributed by atoms with Crippen LogP contribution in [0.4, 0.5) is 4.39 Å². The van der Waals surface area contributed by atoms with Crippen LogP contribution in [0.1, 0.15) is 34.7 Å². The van der Waals surface area contributed by atoms with Crippen molar-refractivity contribution in [2.24, 2.45) is 0 Å². The molecule has 0 bridgehead atoms. The number of rotatable bonds is 2. The average Bonchev–Trinajstić information content (AvgIpc) is 3.21. The van der Waals surface area contributed by atoms with Crippen LogP contribution in [0.25, 0.3) is 21.7 Å². The van der Waals surface area contributed by atoms with Gasteiger partial charge in [0.1, 0.15) is 11.5 Å². The highest BCUT2D eigenvalue weighted by Gasteiger charge is 2.34. The molecule has 0 radical (unpaired) electrons. The summed E-state index contributed by atoms with van der Waals surface area (Å²) in [4.78, 5) is 47.3. The first-order valence-electron chi connectivity index (χ1n) is 10.3. The van der Waals surface area contributed by atoms with Gasteiger partial charge in [0, 0.05) is 42.7 Å². The van der Waals surface area contributed by atoms with Gasteiger partial charge in [-0.15, -0.1) is 0 Å². The molecule has 2 amide bonds. The van der Waals surface area contributed by atoms with Crippen LogP contribution in [-0.4, -0.2) is 45.2 Å². The quantitative estimate of drug-likeness (QED) is 0.509. The van der Waals surface area contributed by atoms with Gasteiger partial charge >= 0.3 is 0 Å². The number of aromatic nitrogens is 2. The molecule has 7 nitrogen and oxygen atoms in total. The third-order valence-electron chi connectivity index (χ3n) is 6.18. The number of aromatic amines is 2. The number of pyridine rings is 1. The number of fused-ring (bicyclic) bond motifs is 4. The van der Waals surface area contributed by atoms with Crippen molar-refractivity contribution in [1.29, 1.82) is 0 Å². The molecule has 2 aromatic carbocycles. The highest BCUT2D eigenvalue weighted by molar-refractivity contribution is 5.98. The van der Waals surface area contributed by atoms with Gasteiger partial charge in [-0.25, -0.2) is 4.39 Å². The van der Waals surface area contributed by atoms with Crippen LogP contribution in [0.3, 0.4) is 0 Å². The summed E-state index contributed by atoms with van der Waals surface area (Å²) < 4.78 is 13.8. The van der Waals surface area contributed by atoms with Crippen LogP contribution >= 0.6 is 0 Å². The summed E-state index contributed by atoms with van der Waals surface area (Å²) in [5.74, 6) is -0.917. The lowest BCUT2D eigenvalue weighted by Gasteiger charge is -2.39. The number of likely N-dealkylation sites (N-methyl/N-ethyl adjacent to an activating group) is 1. The number of amides is 2. The van der Waals surface area contributed by atoms with Crippen molar-refractivity contribution in [2.75, 3.05) is 13.6 Å². The van der Waals surface area contributed by atoms with Crippen molar-refractivity contribution < 1.29 is 14.0 Å². The van der Waals surface area contributed by atoms with E-state index in [4.69, 9.17) is 0 Å². The number of H-pyrrole nitrogens is 2. The maximum atomic E-state index is 13.8. The standard InChI is InChI=1S/C24H21FN4O3/c1-13(30)29-11-20-22(16-8-7-15(25)10-17(16)23(31)27-20)21(12-29)28(2)24(32)19-9-14-5-3-4-6-18(14)26-19/h3-10,21,26H,11-12H2,1-2H3,(H,27,31)/t21-/m0/s1. The summed E-state index contributed by atoms with van der Waals surface area (Å²) in [5.41, 5.74) is 2.13. The van der Waals surface area contributed by atoms with Crippen molar-refractivity contribution in [3.8, 4) is 0 Å². The van der Waals surface area contributed by atoms with E-state index in [0.29, 0.717) is 16.8 Å². The molecule has 8 heteroatoms. The maximum absolute atomic E-state index is 13.8. The number of nitrogens with zero attached hydrogens (tertiary/aromatic N) is 2. The Labute approximate surface area is 182 Å². The molecule has 32 heavy (non-hydrogen) atoms. The number of para-hydroxylation sites is 1. The zero-order valence-electron chi connectivity index (χ0n) is 17.6. The van der Waals surface area contributed by atoms with Crippen LogP contribution in [-0.2, 0) is 11.3 Å².